The van der Waals surface area contributed by atoms with Gasteiger partial charge in [0.15, 0.2) is 11.6 Å². The Bertz CT molecular complexity index is 1210. The number of halogens is 3. The summed E-state index contributed by atoms with van der Waals surface area (Å²) in [4.78, 5) is 12.2. The van der Waals surface area contributed by atoms with Crippen LogP contribution in [-0.2, 0) is 28.8 Å². The van der Waals surface area contributed by atoms with Crippen LogP contribution in [0.2, 0.25) is 0 Å². The molecule has 184 valence electrons. The minimum Gasteiger partial charge on any atom is -0.463 e. The van der Waals surface area contributed by atoms with Gasteiger partial charge in [-0.25, -0.2) is 4.79 Å². The average molecular weight is 485 g/mol. The molecule has 1 aromatic heterocycles. The Labute approximate surface area is 201 Å². The topological polar surface area (TPSA) is 69.0 Å². The fourth-order valence-electron chi connectivity index (χ4n) is 4.24. The Balaban J connectivity index is 1.50. The Morgan fingerprint density at radius 2 is 1.60 bits per heavy atom. The second-order valence-electron chi connectivity index (χ2n) is 8.22. The van der Waals surface area contributed by atoms with E-state index in [1.807, 2.05) is 35.8 Å². The normalized spacial score (nSPS) is 13.9. The highest BCUT2D eigenvalue weighted by Crippen LogP contribution is 2.32. The molecular formula is C26H27F3N4O2. The van der Waals surface area contributed by atoms with Gasteiger partial charge >= 0.3 is 12.1 Å². The monoisotopic (exact) mass is 484 g/mol. The number of rotatable bonds is 8. The molecule has 0 unspecified atom stereocenters. The summed E-state index contributed by atoms with van der Waals surface area (Å²) in [5.41, 5.74) is 3.30. The van der Waals surface area contributed by atoms with Gasteiger partial charge in [-0.15, -0.1) is 10.2 Å². The summed E-state index contributed by atoms with van der Waals surface area (Å²) in [6.07, 6.45) is -1.94. The number of carbonyl (C=O) groups is 1. The molecule has 1 N–H and O–H groups in total. The summed E-state index contributed by atoms with van der Waals surface area (Å²) < 4.78 is 45.6. The maximum Gasteiger partial charge on any atom is 0.416 e. The first-order valence-corrected chi connectivity index (χ1v) is 11.6. The van der Waals surface area contributed by atoms with Gasteiger partial charge in [0, 0.05) is 17.8 Å². The average Bonchev–Trinajstić information content (AvgIpc) is 3.49. The van der Waals surface area contributed by atoms with Crippen LogP contribution in [0.25, 0.3) is 22.5 Å². The van der Waals surface area contributed by atoms with E-state index in [9.17, 15) is 18.0 Å². The van der Waals surface area contributed by atoms with Crippen molar-refractivity contribution in [1.29, 1.82) is 0 Å². The van der Waals surface area contributed by atoms with Gasteiger partial charge in [0.05, 0.1) is 24.3 Å². The number of hydrogen-bond donors (Lipinski definition) is 1. The Morgan fingerprint density at radius 3 is 2.20 bits per heavy atom. The molecule has 3 aromatic rings. The van der Waals surface area contributed by atoms with Crippen LogP contribution in [0.3, 0.4) is 0 Å². The third kappa shape index (κ3) is 5.39. The van der Waals surface area contributed by atoms with Crippen molar-refractivity contribution in [3.05, 3.63) is 71.2 Å². The first-order valence-electron chi connectivity index (χ1n) is 11.6. The van der Waals surface area contributed by atoms with Crippen molar-refractivity contribution in [2.45, 2.75) is 52.4 Å². The predicted octanol–water partition coefficient (Wildman–Crippen LogP) is 5.74. The molecule has 35 heavy (non-hydrogen) atoms. The summed E-state index contributed by atoms with van der Waals surface area (Å²) in [7, 11) is 0. The van der Waals surface area contributed by atoms with Crippen LogP contribution in [0.1, 0.15) is 44.5 Å². The van der Waals surface area contributed by atoms with E-state index < -0.39 is 11.7 Å². The van der Waals surface area contributed by atoms with Crippen molar-refractivity contribution in [2.75, 3.05) is 6.61 Å². The lowest BCUT2D eigenvalue weighted by Crippen LogP contribution is -2.19. The van der Waals surface area contributed by atoms with Gasteiger partial charge < -0.3 is 14.6 Å². The lowest BCUT2D eigenvalue weighted by Gasteiger charge is -2.12. The van der Waals surface area contributed by atoms with E-state index >= 15 is 0 Å². The molecule has 0 bridgehead atoms. The molecule has 0 fully saturated rings. The zero-order chi connectivity index (χ0) is 25.0. The molecule has 1 heterocycles. The molecule has 0 amide bonds. The van der Waals surface area contributed by atoms with E-state index in [-0.39, 0.29) is 5.97 Å². The Kier molecular flexibility index (Phi) is 7.23. The molecule has 1 aliphatic carbocycles. The molecule has 2 aromatic carbocycles. The predicted molar refractivity (Wildman–Crippen MR) is 126 cm³/mol. The van der Waals surface area contributed by atoms with Crippen LogP contribution in [0.4, 0.5) is 13.2 Å². The SMILES string of the molecule is CCOC(=O)C1=C(NCc2nnc(-c3ccc(-c4ccc(C(F)(F)F)cc4)cc3)n2CC)CCC1. The third-order valence-electron chi connectivity index (χ3n) is 6.03. The standard InChI is InChI=1S/C26H27F3N4O2/c1-3-33-23(16-30-22-7-5-6-21(22)25(34)35-4-2)31-32-24(33)19-10-8-17(9-11-19)18-12-14-20(15-13-18)26(27,28)29/h8-15,30H,3-7,16H2,1-2H3. The zero-order valence-corrected chi connectivity index (χ0v) is 19.7. The fraction of sp³-hybridized carbons (Fsp3) is 0.346. The third-order valence-corrected chi connectivity index (χ3v) is 6.03. The van der Waals surface area contributed by atoms with E-state index in [1.54, 1.807) is 6.92 Å². The molecular weight excluding hydrogens is 457 g/mol. The minimum absolute atomic E-state index is 0.265. The highest BCUT2D eigenvalue weighted by Gasteiger charge is 2.30. The quantitative estimate of drug-likeness (QED) is 0.413. The number of nitrogens with zero attached hydrogens (tertiary/aromatic N) is 3. The highest BCUT2D eigenvalue weighted by atomic mass is 19.4. The van der Waals surface area contributed by atoms with Gasteiger partial charge in [-0.05, 0) is 56.4 Å². The summed E-state index contributed by atoms with van der Waals surface area (Å²) >= 11 is 0. The first kappa shape index (κ1) is 24.5. The Morgan fingerprint density at radius 1 is 0.971 bits per heavy atom. The molecule has 0 saturated heterocycles. The van der Waals surface area contributed by atoms with E-state index in [1.165, 1.54) is 12.1 Å². The summed E-state index contributed by atoms with van der Waals surface area (Å²) in [6, 6.07) is 12.6. The molecule has 0 atom stereocenters. The van der Waals surface area contributed by atoms with Crippen LogP contribution in [-0.4, -0.2) is 27.3 Å². The van der Waals surface area contributed by atoms with Crippen LogP contribution in [0.5, 0.6) is 0 Å². The number of aromatic nitrogens is 3. The maximum absolute atomic E-state index is 12.8. The first-order chi connectivity index (χ1) is 16.8. The van der Waals surface area contributed by atoms with Crippen molar-refractivity contribution < 1.29 is 22.7 Å². The number of benzene rings is 2. The molecule has 0 spiro atoms. The lowest BCUT2D eigenvalue weighted by molar-refractivity contribution is -0.139. The fourth-order valence-corrected chi connectivity index (χ4v) is 4.24. The second-order valence-corrected chi connectivity index (χ2v) is 8.22. The number of nitrogens with one attached hydrogen (secondary N) is 1. The zero-order valence-electron chi connectivity index (χ0n) is 19.7. The minimum atomic E-state index is -4.35. The molecule has 6 nitrogen and oxygen atoms in total. The van der Waals surface area contributed by atoms with Gasteiger partial charge in [-0.2, -0.15) is 13.2 Å². The van der Waals surface area contributed by atoms with Crippen molar-refractivity contribution in [2.24, 2.45) is 0 Å². The van der Waals surface area contributed by atoms with Crippen molar-refractivity contribution >= 4 is 5.97 Å². The molecule has 9 heteroatoms. The van der Waals surface area contributed by atoms with Gasteiger partial charge in [-0.1, -0.05) is 36.4 Å². The maximum atomic E-state index is 12.8. The van der Waals surface area contributed by atoms with E-state index in [2.05, 4.69) is 15.5 Å². The van der Waals surface area contributed by atoms with E-state index in [0.29, 0.717) is 43.1 Å². The lowest BCUT2D eigenvalue weighted by atomic mass is 10.0. The number of hydrogen-bond acceptors (Lipinski definition) is 5. The molecule has 0 aliphatic heterocycles. The second kappa shape index (κ2) is 10.3. The summed E-state index contributed by atoms with van der Waals surface area (Å²) in [5.74, 6) is 1.18. The number of carbonyl (C=O) groups excluding carboxylic acids is 1. The van der Waals surface area contributed by atoms with Crippen LogP contribution in [0, 0.1) is 0 Å². The van der Waals surface area contributed by atoms with E-state index in [4.69, 9.17) is 4.74 Å². The largest absolute Gasteiger partial charge is 0.463 e. The highest BCUT2D eigenvalue weighted by molar-refractivity contribution is 5.89. The van der Waals surface area contributed by atoms with Gasteiger partial charge in [-0.3, -0.25) is 0 Å². The Hall–Kier alpha value is -3.62. The van der Waals surface area contributed by atoms with Crippen molar-refractivity contribution in [3.8, 4) is 22.5 Å². The summed E-state index contributed by atoms with van der Waals surface area (Å²) in [6.45, 7) is 5.24. The van der Waals surface area contributed by atoms with Crippen LogP contribution < -0.4 is 5.32 Å². The van der Waals surface area contributed by atoms with Crippen LogP contribution >= 0.6 is 0 Å². The van der Waals surface area contributed by atoms with Crippen LogP contribution in [0.15, 0.2) is 59.8 Å². The van der Waals surface area contributed by atoms with Gasteiger partial charge in [0.2, 0.25) is 0 Å². The number of alkyl halides is 3. The molecule has 0 saturated carbocycles. The number of esters is 1. The number of allylic oxidation sites excluding steroid dienone is 1. The van der Waals surface area contributed by atoms with Crippen molar-refractivity contribution in [3.63, 3.8) is 0 Å². The van der Waals surface area contributed by atoms with Gasteiger partial charge in [0.25, 0.3) is 0 Å². The molecule has 4 rings (SSSR count). The summed E-state index contributed by atoms with van der Waals surface area (Å²) in [5, 5.41) is 12.1. The van der Waals surface area contributed by atoms with Crippen molar-refractivity contribution in [1.82, 2.24) is 20.1 Å². The smallest absolute Gasteiger partial charge is 0.416 e. The molecule has 1 aliphatic rings. The van der Waals surface area contributed by atoms with Gasteiger partial charge in [0.1, 0.15) is 0 Å². The molecule has 0 radical (unpaired) electrons. The van der Waals surface area contributed by atoms with E-state index in [0.717, 1.165) is 47.6 Å². The number of ether oxygens (including phenoxy) is 1.